The number of ether oxygens (including phenoxy) is 2. The third kappa shape index (κ3) is 6.56. The summed E-state index contributed by atoms with van der Waals surface area (Å²) in [5.74, 6) is -4.45. The average Bonchev–Trinajstić information content (AvgIpc) is 2.85. The van der Waals surface area contributed by atoms with Gasteiger partial charge in [-0.15, -0.1) is 0 Å². The highest BCUT2D eigenvalue weighted by molar-refractivity contribution is 6.00. The Bertz CT molecular complexity index is 1100. The fraction of sp³-hybridized carbons (Fsp3) is 0.440. The Morgan fingerprint density at radius 2 is 1.78 bits per heavy atom. The summed E-state index contributed by atoms with van der Waals surface area (Å²) >= 11 is 0. The second kappa shape index (κ2) is 12.4. The van der Waals surface area contributed by atoms with Crippen molar-refractivity contribution in [2.75, 3.05) is 46.6 Å². The average molecular weight is 500 g/mol. The number of primary amides is 2. The largest absolute Gasteiger partial charge is 0.384 e. The Morgan fingerprint density at radius 1 is 1.08 bits per heavy atom. The monoisotopic (exact) mass is 499 g/mol. The van der Waals surface area contributed by atoms with Crippen molar-refractivity contribution in [3.05, 3.63) is 48.0 Å². The van der Waals surface area contributed by atoms with Crippen LogP contribution in [0.3, 0.4) is 0 Å². The van der Waals surface area contributed by atoms with Crippen molar-refractivity contribution in [2.45, 2.75) is 18.5 Å². The lowest BCUT2D eigenvalue weighted by atomic mass is 9.79. The summed E-state index contributed by atoms with van der Waals surface area (Å²) in [6.07, 6.45) is -0.660. The van der Waals surface area contributed by atoms with Gasteiger partial charge in [0.1, 0.15) is 5.54 Å². The van der Waals surface area contributed by atoms with E-state index in [4.69, 9.17) is 20.9 Å². The van der Waals surface area contributed by atoms with Gasteiger partial charge < -0.3 is 31.6 Å². The molecule has 1 saturated heterocycles. The van der Waals surface area contributed by atoms with Gasteiger partial charge in [0.05, 0.1) is 38.7 Å². The van der Waals surface area contributed by atoms with Gasteiger partial charge in [0.15, 0.2) is 0 Å². The van der Waals surface area contributed by atoms with Gasteiger partial charge in [-0.2, -0.15) is 0 Å². The molecule has 1 aliphatic rings. The van der Waals surface area contributed by atoms with Crippen molar-refractivity contribution in [3.8, 4) is 0 Å². The van der Waals surface area contributed by atoms with Gasteiger partial charge in [0.2, 0.25) is 23.6 Å². The first kappa shape index (κ1) is 27.1. The number of morpholine rings is 1. The van der Waals surface area contributed by atoms with Crippen molar-refractivity contribution in [2.24, 2.45) is 17.4 Å². The maximum Gasteiger partial charge on any atom is 0.244 e. The number of methoxy groups -OCH3 is 1. The standard InChI is InChI=1S/C25H33N5O6/c1-35-16-20(23(33)28-14-18-7-4-6-17-5-2-3-8-19(17)18)25(24(27)34,13-21(26)31)29-22(32)15-30-9-11-36-12-10-30/h2-8,20H,9-16H2,1H3,(H2,26,31)(H2,27,34)(H,28,33)(H,29,32)/t20-,25?/m0/s1. The number of carbonyl (C=O) groups is 4. The maximum absolute atomic E-state index is 13.4. The minimum atomic E-state index is -2.08. The molecule has 1 unspecified atom stereocenters. The van der Waals surface area contributed by atoms with Crippen LogP contribution >= 0.6 is 0 Å². The molecule has 1 aliphatic heterocycles. The van der Waals surface area contributed by atoms with Crippen LogP contribution in [0.1, 0.15) is 12.0 Å². The van der Waals surface area contributed by atoms with Crippen molar-refractivity contribution in [1.29, 1.82) is 0 Å². The van der Waals surface area contributed by atoms with E-state index >= 15 is 0 Å². The molecule has 4 amide bonds. The normalized spacial score (nSPS) is 16.6. The van der Waals surface area contributed by atoms with Crippen LogP contribution in [0.15, 0.2) is 42.5 Å². The molecule has 0 spiro atoms. The highest BCUT2D eigenvalue weighted by Crippen LogP contribution is 2.24. The predicted molar refractivity (Wildman–Crippen MR) is 132 cm³/mol. The topological polar surface area (TPSA) is 166 Å². The number of amides is 4. The molecule has 1 heterocycles. The van der Waals surface area contributed by atoms with Crippen molar-refractivity contribution >= 4 is 34.4 Å². The Morgan fingerprint density at radius 3 is 2.44 bits per heavy atom. The Balaban J connectivity index is 1.85. The first-order chi connectivity index (χ1) is 17.3. The summed E-state index contributed by atoms with van der Waals surface area (Å²) in [7, 11) is 1.34. The molecule has 2 aromatic rings. The molecule has 36 heavy (non-hydrogen) atoms. The Labute approximate surface area is 209 Å². The first-order valence-corrected chi connectivity index (χ1v) is 11.7. The van der Waals surface area contributed by atoms with Gasteiger partial charge in [-0.05, 0) is 16.3 Å². The molecule has 0 aromatic heterocycles. The van der Waals surface area contributed by atoms with Crippen molar-refractivity contribution < 1.29 is 28.7 Å². The number of fused-ring (bicyclic) bond motifs is 1. The Hall–Kier alpha value is -3.54. The molecule has 11 nitrogen and oxygen atoms in total. The summed E-state index contributed by atoms with van der Waals surface area (Å²) in [6, 6.07) is 13.4. The van der Waals surface area contributed by atoms with E-state index in [0.717, 1.165) is 16.3 Å². The van der Waals surface area contributed by atoms with Gasteiger partial charge in [-0.3, -0.25) is 24.1 Å². The number of hydrogen-bond acceptors (Lipinski definition) is 7. The van der Waals surface area contributed by atoms with E-state index in [0.29, 0.717) is 26.3 Å². The van der Waals surface area contributed by atoms with Crippen molar-refractivity contribution in [1.82, 2.24) is 15.5 Å². The summed E-state index contributed by atoms with van der Waals surface area (Å²) in [5.41, 5.74) is 9.94. The molecule has 3 rings (SSSR count). The van der Waals surface area contributed by atoms with Crippen LogP contribution in [0, 0.1) is 5.92 Å². The fourth-order valence-electron chi connectivity index (χ4n) is 4.46. The van der Waals surface area contributed by atoms with E-state index in [1.54, 1.807) is 0 Å². The zero-order chi connectivity index (χ0) is 26.1. The van der Waals surface area contributed by atoms with Gasteiger partial charge in [-0.1, -0.05) is 42.5 Å². The quantitative estimate of drug-likeness (QED) is 0.299. The van der Waals surface area contributed by atoms with E-state index in [-0.39, 0.29) is 19.7 Å². The number of carbonyl (C=O) groups excluding carboxylic acids is 4. The molecule has 11 heteroatoms. The SMILES string of the molecule is COC[C@@H](C(=O)NCc1cccc2ccccc12)C(CC(N)=O)(NC(=O)CN1CCOCC1)C(N)=O. The molecule has 6 N–H and O–H groups in total. The third-order valence-corrected chi connectivity index (χ3v) is 6.30. The molecule has 2 aromatic carbocycles. The zero-order valence-electron chi connectivity index (χ0n) is 20.3. The lowest BCUT2D eigenvalue weighted by Gasteiger charge is -2.37. The molecular formula is C25H33N5O6. The number of nitrogens with one attached hydrogen (secondary N) is 2. The molecular weight excluding hydrogens is 466 g/mol. The summed E-state index contributed by atoms with van der Waals surface area (Å²) in [5, 5.41) is 7.34. The molecule has 1 fully saturated rings. The fourth-order valence-corrected chi connectivity index (χ4v) is 4.46. The number of nitrogens with zero attached hydrogens (tertiary/aromatic N) is 1. The number of benzene rings is 2. The van der Waals surface area contributed by atoms with Gasteiger partial charge in [0.25, 0.3) is 0 Å². The van der Waals surface area contributed by atoms with Crippen LogP contribution in [0.2, 0.25) is 0 Å². The van der Waals surface area contributed by atoms with Crippen molar-refractivity contribution in [3.63, 3.8) is 0 Å². The lowest BCUT2D eigenvalue weighted by molar-refractivity contribution is -0.144. The second-order valence-electron chi connectivity index (χ2n) is 8.78. The molecule has 0 radical (unpaired) electrons. The molecule has 0 bridgehead atoms. The molecule has 0 aliphatic carbocycles. The number of nitrogens with two attached hydrogens (primary N) is 2. The van der Waals surface area contributed by atoms with Crippen LogP contribution in [0.5, 0.6) is 0 Å². The minimum absolute atomic E-state index is 0.0610. The van der Waals surface area contributed by atoms with E-state index in [1.807, 2.05) is 47.4 Å². The smallest absolute Gasteiger partial charge is 0.244 e. The summed E-state index contributed by atoms with van der Waals surface area (Å²) in [6.45, 7) is 1.80. The maximum atomic E-state index is 13.4. The van der Waals surface area contributed by atoms with Crippen LogP contribution in [-0.2, 0) is 35.2 Å². The highest BCUT2D eigenvalue weighted by Gasteiger charge is 2.50. The minimum Gasteiger partial charge on any atom is -0.384 e. The predicted octanol–water partition coefficient (Wildman–Crippen LogP) is -0.733. The van der Waals surface area contributed by atoms with E-state index in [9.17, 15) is 19.2 Å². The molecule has 0 saturated carbocycles. The van der Waals surface area contributed by atoms with Crippen LogP contribution in [0.25, 0.3) is 10.8 Å². The van der Waals surface area contributed by atoms with E-state index < -0.39 is 41.5 Å². The summed E-state index contributed by atoms with van der Waals surface area (Å²) in [4.78, 5) is 53.0. The zero-order valence-corrected chi connectivity index (χ0v) is 20.3. The van der Waals surface area contributed by atoms with Crippen LogP contribution in [0.4, 0.5) is 0 Å². The number of hydrogen-bond donors (Lipinski definition) is 4. The van der Waals surface area contributed by atoms with E-state index in [1.165, 1.54) is 7.11 Å². The Kier molecular flexibility index (Phi) is 9.34. The first-order valence-electron chi connectivity index (χ1n) is 11.7. The second-order valence-corrected chi connectivity index (χ2v) is 8.78. The van der Waals surface area contributed by atoms with Gasteiger partial charge in [0, 0.05) is 26.7 Å². The lowest BCUT2D eigenvalue weighted by Crippen LogP contribution is -2.68. The molecule has 2 atom stereocenters. The third-order valence-electron chi connectivity index (χ3n) is 6.30. The van der Waals surface area contributed by atoms with Gasteiger partial charge >= 0.3 is 0 Å². The van der Waals surface area contributed by atoms with Crippen LogP contribution in [-0.4, -0.2) is 80.6 Å². The molecule has 194 valence electrons. The van der Waals surface area contributed by atoms with Gasteiger partial charge in [-0.25, -0.2) is 0 Å². The van der Waals surface area contributed by atoms with E-state index in [2.05, 4.69) is 10.6 Å². The summed E-state index contributed by atoms with van der Waals surface area (Å²) < 4.78 is 10.5. The highest BCUT2D eigenvalue weighted by atomic mass is 16.5. The van der Waals surface area contributed by atoms with Crippen LogP contribution < -0.4 is 22.1 Å². The number of rotatable bonds is 12.